The molecule has 1 aliphatic rings. The number of aromatic nitrogens is 2. The van der Waals surface area contributed by atoms with Crippen molar-refractivity contribution in [2.24, 2.45) is 12.8 Å². The number of rotatable bonds is 3. The van der Waals surface area contributed by atoms with E-state index in [1.54, 1.807) is 4.90 Å². The molecular formula is C15H19N5O2. The molecule has 1 aromatic carbocycles. The van der Waals surface area contributed by atoms with Crippen LogP contribution in [0.3, 0.4) is 0 Å². The minimum atomic E-state index is -0.688. The van der Waals surface area contributed by atoms with Crippen LogP contribution in [-0.4, -0.2) is 39.5 Å². The minimum Gasteiger partial charge on any atom is -0.352 e. The van der Waals surface area contributed by atoms with Gasteiger partial charge in [-0.15, -0.1) is 0 Å². The first-order valence-corrected chi connectivity index (χ1v) is 7.32. The zero-order chi connectivity index (χ0) is 15.7. The van der Waals surface area contributed by atoms with E-state index in [4.69, 9.17) is 5.73 Å². The number of imidazole rings is 1. The Morgan fingerprint density at radius 1 is 1.41 bits per heavy atom. The van der Waals surface area contributed by atoms with Gasteiger partial charge in [-0.1, -0.05) is 12.1 Å². The Morgan fingerprint density at radius 2 is 2.18 bits per heavy atom. The van der Waals surface area contributed by atoms with Gasteiger partial charge in [0.15, 0.2) is 0 Å². The summed E-state index contributed by atoms with van der Waals surface area (Å²) in [7, 11) is 1.97. The molecule has 3 rings (SSSR count). The Balaban J connectivity index is 1.87. The van der Waals surface area contributed by atoms with Crippen molar-refractivity contribution in [2.45, 2.75) is 18.9 Å². The molecule has 1 fully saturated rings. The third-order valence-corrected chi connectivity index (χ3v) is 4.11. The first kappa shape index (κ1) is 14.4. The molecule has 3 N–H and O–H groups in total. The van der Waals surface area contributed by atoms with Crippen LogP contribution in [0.5, 0.6) is 0 Å². The van der Waals surface area contributed by atoms with Gasteiger partial charge < -0.3 is 20.5 Å². The number of hydrogen-bond donors (Lipinski definition) is 2. The minimum absolute atomic E-state index is 0.0559. The van der Waals surface area contributed by atoms with Crippen LogP contribution in [0.25, 0.3) is 11.0 Å². The molecule has 0 bridgehead atoms. The van der Waals surface area contributed by atoms with E-state index >= 15 is 0 Å². The molecule has 1 aromatic heterocycles. The Morgan fingerprint density at radius 3 is 2.91 bits per heavy atom. The molecule has 0 radical (unpaired) electrons. The molecule has 1 saturated heterocycles. The van der Waals surface area contributed by atoms with E-state index in [0.717, 1.165) is 29.7 Å². The predicted octanol–water partition coefficient (Wildman–Crippen LogP) is 0.905. The fraction of sp³-hybridized carbons (Fsp3) is 0.400. The summed E-state index contributed by atoms with van der Waals surface area (Å²) in [6, 6.07) is 7.16. The number of nitrogens with zero attached hydrogens (tertiary/aromatic N) is 3. The fourth-order valence-corrected chi connectivity index (χ4v) is 3.06. The Hall–Kier alpha value is -2.57. The summed E-state index contributed by atoms with van der Waals surface area (Å²) < 4.78 is 2.03. The van der Waals surface area contributed by atoms with Gasteiger partial charge in [-0.2, -0.15) is 0 Å². The van der Waals surface area contributed by atoms with Crippen molar-refractivity contribution >= 4 is 23.0 Å². The van der Waals surface area contributed by atoms with Crippen molar-refractivity contribution in [2.75, 3.05) is 13.1 Å². The lowest BCUT2D eigenvalue weighted by atomic mass is 10.2. The van der Waals surface area contributed by atoms with Crippen LogP contribution in [0.1, 0.15) is 24.7 Å². The summed E-state index contributed by atoms with van der Waals surface area (Å²) in [6.07, 6.45) is 1.80. The molecule has 1 aliphatic heterocycles. The zero-order valence-electron chi connectivity index (χ0n) is 12.5. The lowest BCUT2D eigenvalue weighted by molar-refractivity contribution is -0.131. The van der Waals surface area contributed by atoms with Crippen LogP contribution < -0.4 is 11.1 Å². The summed E-state index contributed by atoms with van der Waals surface area (Å²) in [6.45, 7) is 0.600. The summed E-state index contributed by atoms with van der Waals surface area (Å²) in [5, 5.41) is 2.36. The number of likely N-dealkylation sites (tertiary alicyclic amines) is 1. The molecule has 0 aliphatic carbocycles. The van der Waals surface area contributed by atoms with Gasteiger partial charge in [-0.25, -0.2) is 9.78 Å². The summed E-state index contributed by atoms with van der Waals surface area (Å²) in [4.78, 5) is 29.5. The van der Waals surface area contributed by atoms with Crippen LogP contribution in [0, 0.1) is 0 Å². The van der Waals surface area contributed by atoms with E-state index in [1.807, 2.05) is 35.9 Å². The Kier molecular flexibility index (Phi) is 3.70. The topological polar surface area (TPSA) is 93.3 Å². The van der Waals surface area contributed by atoms with Crippen LogP contribution in [0.4, 0.5) is 4.79 Å². The first-order valence-electron chi connectivity index (χ1n) is 7.32. The van der Waals surface area contributed by atoms with Gasteiger partial charge in [-0.05, 0) is 25.0 Å². The predicted molar refractivity (Wildman–Crippen MR) is 82.0 cm³/mol. The Labute approximate surface area is 128 Å². The number of nitrogens with one attached hydrogen (secondary N) is 1. The van der Waals surface area contributed by atoms with Gasteiger partial charge >= 0.3 is 6.03 Å². The third-order valence-electron chi connectivity index (χ3n) is 4.11. The second-order valence-corrected chi connectivity index (χ2v) is 5.48. The lowest BCUT2D eigenvalue weighted by Gasteiger charge is -2.24. The number of para-hydroxylation sites is 2. The van der Waals surface area contributed by atoms with Crippen LogP contribution in [0.15, 0.2) is 24.3 Å². The maximum absolute atomic E-state index is 12.3. The van der Waals surface area contributed by atoms with Gasteiger partial charge in [0.1, 0.15) is 5.82 Å². The molecule has 0 saturated carbocycles. The maximum atomic E-state index is 12.3. The second kappa shape index (κ2) is 5.67. The number of carbonyl (C=O) groups excluding carboxylic acids is 2. The number of fused-ring (bicyclic) bond motifs is 1. The van der Waals surface area contributed by atoms with Crippen molar-refractivity contribution in [1.29, 1.82) is 0 Å². The quantitative estimate of drug-likeness (QED) is 0.882. The normalized spacial score (nSPS) is 17.9. The summed E-state index contributed by atoms with van der Waals surface area (Å²) >= 11 is 0. The van der Waals surface area contributed by atoms with Crippen molar-refractivity contribution in [3.8, 4) is 0 Å². The highest BCUT2D eigenvalue weighted by Crippen LogP contribution is 2.32. The maximum Gasteiger partial charge on any atom is 0.312 e. The SMILES string of the molecule is Cn1c([C@H]2CCCN2C(=O)CNC(N)=O)nc2ccccc21. The average molecular weight is 301 g/mol. The highest BCUT2D eigenvalue weighted by atomic mass is 16.2. The number of benzene rings is 1. The number of urea groups is 1. The van der Waals surface area contributed by atoms with Crippen molar-refractivity contribution in [3.05, 3.63) is 30.1 Å². The highest BCUT2D eigenvalue weighted by Gasteiger charge is 2.32. The number of aryl methyl sites for hydroxylation is 1. The molecular weight excluding hydrogens is 282 g/mol. The second-order valence-electron chi connectivity index (χ2n) is 5.48. The first-order chi connectivity index (χ1) is 10.6. The number of amides is 3. The molecule has 0 unspecified atom stereocenters. The van der Waals surface area contributed by atoms with Crippen molar-refractivity contribution < 1.29 is 9.59 Å². The van der Waals surface area contributed by atoms with Gasteiger partial charge in [0.25, 0.3) is 0 Å². The van der Waals surface area contributed by atoms with Crippen LogP contribution >= 0.6 is 0 Å². The third kappa shape index (κ3) is 2.49. The zero-order valence-corrected chi connectivity index (χ0v) is 12.5. The number of hydrogen-bond acceptors (Lipinski definition) is 3. The largest absolute Gasteiger partial charge is 0.352 e. The molecule has 0 spiro atoms. The average Bonchev–Trinajstić information content (AvgIpc) is 3.10. The number of carbonyl (C=O) groups is 2. The molecule has 1 atom stereocenters. The number of nitrogens with two attached hydrogens (primary N) is 1. The van der Waals surface area contributed by atoms with E-state index in [9.17, 15) is 9.59 Å². The summed E-state index contributed by atoms with van der Waals surface area (Å²) in [5.74, 6) is 0.750. The smallest absolute Gasteiger partial charge is 0.312 e. The Bertz CT molecular complexity index is 724. The molecule has 7 heteroatoms. The van der Waals surface area contributed by atoms with Gasteiger partial charge in [0.05, 0.1) is 23.6 Å². The van der Waals surface area contributed by atoms with E-state index in [-0.39, 0.29) is 18.5 Å². The summed E-state index contributed by atoms with van der Waals surface area (Å²) in [5.41, 5.74) is 7.00. The van der Waals surface area contributed by atoms with Gasteiger partial charge in [0, 0.05) is 13.6 Å². The molecule has 116 valence electrons. The monoisotopic (exact) mass is 301 g/mol. The molecule has 2 heterocycles. The van der Waals surface area contributed by atoms with E-state index in [0.29, 0.717) is 6.54 Å². The van der Waals surface area contributed by atoms with Crippen LogP contribution in [0.2, 0.25) is 0 Å². The lowest BCUT2D eigenvalue weighted by Crippen LogP contribution is -2.42. The van der Waals surface area contributed by atoms with Gasteiger partial charge in [0.2, 0.25) is 5.91 Å². The number of primary amides is 1. The molecule has 22 heavy (non-hydrogen) atoms. The molecule has 3 amide bonds. The standard InChI is InChI=1S/C15H19N5O2/c1-19-11-6-3-2-5-10(11)18-14(19)12-7-4-8-20(12)13(21)9-17-15(16)22/h2-3,5-6,12H,4,7-9H2,1H3,(H3,16,17,22)/t12-/m1/s1. The van der Waals surface area contributed by atoms with E-state index in [2.05, 4.69) is 10.3 Å². The fourth-order valence-electron chi connectivity index (χ4n) is 3.06. The molecule has 2 aromatic rings. The van der Waals surface area contributed by atoms with E-state index < -0.39 is 6.03 Å². The van der Waals surface area contributed by atoms with Crippen molar-refractivity contribution in [3.63, 3.8) is 0 Å². The molecule has 7 nitrogen and oxygen atoms in total. The van der Waals surface area contributed by atoms with Gasteiger partial charge in [-0.3, -0.25) is 4.79 Å². The highest BCUT2D eigenvalue weighted by molar-refractivity contribution is 5.84. The van der Waals surface area contributed by atoms with Crippen LogP contribution in [-0.2, 0) is 11.8 Å². The van der Waals surface area contributed by atoms with E-state index in [1.165, 1.54) is 0 Å². The van der Waals surface area contributed by atoms with Crippen molar-refractivity contribution in [1.82, 2.24) is 19.8 Å².